The molecule has 2 aromatic rings. The molecule has 0 aliphatic carbocycles. The number of carbonyl (C=O) groups excluding carboxylic acids is 1. The van der Waals surface area contributed by atoms with E-state index in [4.69, 9.17) is 16.3 Å². The van der Waals surface area contributed by atoms with Crippen LogP contribution in [-0.4, -0.2) is 24.2 Å². The summed E-state index contributed by atoms with van der Waals surface area (Å²) in [5.74, 6) is -0.423. The van der Waals surface area contributed by atoms with Gasteiger partial charge in [0.2, 0.25) is 0 Å². The number of carbonyl (C=O) groups is 1. The summed E-state index contributed by atoms with van der Waals surface area (Å²) in [7, 11) is 1.49. The van der Waals surface area contributed by atoms with Gasteiger partial charge < -0.3 is 9.84 Å². The largest absolute Gasteiger partial charge is 0.507 e. The number of aromatic hydroxyl groups is 1. The number of fused-ring (bicyclic) bond motifs is 1. The summed E-state index contributed by atoms with van der Waals surface area (Å²) < 4.78 is 5.06. The number of phenolic OH excluding ortho intramolecular Hbond substituents is 1. The van der Waals surface area contributed by atoms with Crippen molar-refractivity contribution in [2.75, 3.05) is 7.11 Å². The maximum absolute atomic E-state index is 12.6. The molecule has 0 fully saturated rings. The van der Waals surface area contributed by atoms with E-state index in [0.717, 1.165) is 5.56 Å². The van der Waals surface area contributed by atoms with E-state index >= 15 is 0 Å². The fraction of sp³-hybridized carbons (Fsp3) is 0.125. The van der Waals surface area contributed by atoms with E-state index in [1.54, 1.807) is 30.5 Å². The topological polar surface area (TPSA) is 58.9 Å². The van der Waals surface area contributed by atoms with Gasteiger partial charge in [-0.15, -0.1) is 0 Å². The molecule has 0 amide bonds. The molecule has 2 aromatic carbocycles. The molecule has 0 bridgehead atoms. The number of hydrogen-bond donors (Lipinski definition) is 1. The summed E-state index contributed by atoms with van der Waals surface area (Å²) in [5.41, 5.74) is 1.37. The summed E-state index contributed by atoms with van der Waals surface area (Å²) in [6.45, 7) is 0. The molecule has 1 aliphatic heterocycles. The van der Waals surface area contributed by atoms with Crippen molar-refractivity contribution in [3.8, 4) is 11.5 Å². The van der Waals surface area contributed by atoms with Gasteiger partial charge in [0.1, 0.15) is 11.5 Å². The lowest BCUT2D eigenvalue weighted by Gasteiger charge is -2.19. The molecule has 1 atom stereocenters. The van der Waals surface area contributed by atoms with Gasteiger partial charge in [-0.25, -0.2) is 0 Å². The van der Waals surface area contributed by atoms with Crippen LogP contribution in [0.25, 0.3) is 0 Å². The molecule has 3 rings (SSSR count). The van der Waals surface area contributed by atoms with E-state index < -0.39 is 5.92 Å². The number of halogens is 1. The van der Waals surface area contributed by atoms with Gasteiger partial charge in [0, 0.05) is 23.4 Å². The van der Waals surface area contributed by atoms with Crippen LogP contribution < -0.4 is 4.74 Å². The van der Waals surface area contributed by atoms with Crippen molar-refractivity contribution in [1.82, 2.24) is 0 Å². The standard InChI is InChI=1S/C16H12ClNO3/c1-21-11-6-13-15(14(19)7-11)16(20)12(8-18-13)9-3-2-4-10(17)5-9/h2-8,12,19H,1H3. The Balaban J connectivity index is 2.08. The van der Waals surface area contributed by atoms with E-state index in [0.29, 0.717) is 16.5 Å². The van der Waals surface area contributed by atoms with Gasteiger partial charge in [-0.1, -0.05) is 23.7 Å². The molecule has 4 nitrogen and oxygen atoms in total. The minimum Gasteiger partial charge on any atom is -0.507 e. The monoisotopic (exact) mass is 301 g/mol. The van der Waals surface area contributed by atoms with Crippen LogP contribution in [0.15, 0.2) is 41.4 Å². The first kappa shape index (κ1) is 13.6. The SMILES string of the molecule is COc1cc(O)c2c(c1)N=CC(c1cccc(Cl)c1)C2=O. The van der Waals surface area contributed by atoms with E-state index in [1.807, 2.05) is 6.07 Å². The molecule has 1 heterocycles. The summed E-state index contributed by atoms with van der Waals surface area (Å²) >= 11 is 5.96. The van der Waals surface area contributed by atoms with Crippen LogP contribution in [0.2, 0.25) is 5.02 Å². The van der Waals surface area contributed by atoms with Gasteiger partial charge in [-0.2, -0.15) is 0 Å². The summed E-state index contributed by atoms with van der Waals surface area (Å²) in [5, 5.41) is 10.6. The molecule has 0 saturated heterocycles. The van der Waals surface area contributed by atoms with Crippen molar-refractivity contribution in [3.05, 3.63) is 52.5 Å². The minimum absolute atomic E-state index is 0.127. The Morgan fingerprint density at radius 1 is 1.29 bits per heavy atom. The van der Waals surface area contributed by atoms with Crippen LogP contribution in [-0.2, 0) is 0 Å². The van der Waals surface area contributed by atoms with Crippen molar-refractivity contribution in [2.24, 2.45) is 4.99 Å². The third kappa shape index (κ3) is 2.38. The second-order valence-electron chi connectivity index (χ2n) is 4.72. The van der Waals surface area contributed by atoms with Gasteiger partial charge in [0.15, 0.2) is 5.78 Å². The van der Waals surface area contributed by atoms with Gasteiger partial charge in [0.25, 0.3) is 0 Å². The van der Waals surface area contributed by atoms with Crippen molar-refractivity contribution in [3.63, 3.8) is 0 Å². The maximum atomic E-state index is 12.6. The molecule has 21 heavy (non-hydrogen) atoms. The smallest absolute Gasteiger partial charge is 0.181 e. The quantitative estimate of drug-likeness (QED) is 0.919. The van der Waals surface area contributed by atoms with Gasteiger partial charge in [0.05, 0.1) is 24.3 Å². The average Bonchev–Trinajstić information content (AvgIpc) is 2.47. The summed E-state index contributed by atoms with van der Waals surface area (Å²) in [6, 6.07) is 10.1. The van der Waals surface area contributed by atoms with Crippen LogP contribution >= 0.6 is 11.6 Å². The number of methoxy groups -OCH3 is 1. The van der Waals surface area contributed by atoms with Crippen LogP contribution in [0.5, 0.6) is 11.5 Å². The van der Waals surface area contributed by atoms with Crippen molar-refractivity contribution < 1.29 is 14.6 Å². The maximum Gasteiger partial charge on any atom is 0.181 e. The first-order chi connectivity index (χ1) is 10.1. The molecule has 0 spiro atoms. The Hall–Kier alpha value is -2.33. The van der Waals surface area contributed by atoms with E-state index in [1.165, 1.54) is 13.2 Å². The highest BCUT2D eigenvalue weighted by Crippen LogP contribution is 2.39. The molecule has 1 N–H and O–H groups in total. The number of ether oxygens (including phenoxy) is 1. The summed E-state index contributed by atoms with van der Waals surface area (Å²) in [4.78, 5) is 16.9. The minimum atomic E-state index is -0.546. The molecule has 5 heteroatoms. The number of ketones is 1. The molecular formula is C16H12ClNO3. The number of rotatable bonds is 2. The average molecular weight is 302 g/mol. The number of Topliss-reactive ketones (excluding diaryl/α,β-unsaturated/α-hetero) is 1. The van der Waals surface area contributed by atoms with Crippen LogP contribution in [0.4, 0.5) is 5.69 Å². The lowest BCUT2D eigenvalue weighted by molar-refractivity contribution is 0.0980. The fourth-order valence-electron chi connectivity index (χ4n) is 2.37. The second-order valence-corrected chi connectivity index (χ2v) is 5.15. The van der Waals surface area contributed by atoms with E-state index in [2.05, 4.69) is 4.99 Å². The highest BCUT2D eigenvalue weighted by Gasteiger charge is 2.29. The predicted octanol–water partition coefficient (Wildman–Crippen LogP) is 3.74. The van der Waals surface area contributed by atoms with Crippen molar-refractivity contribution in [1.29, 1.82) is 0 Å². The molecule has 0 saturated carbocycles. The molecule has 1 aliphatic rings. The Bertz CT molecular complexity index is 755. The lowest BCUT2D eigenvalue weighted by Crippen LogP contribution is -2.18. The Morgan fingerprint density at radius 3 is 2.81 bits per heavy atom. The Morgan fingerprint density at radius 2 is 2.10 bits per heavy atom. The fourth-order valence-corrected chi connectivity index (χ4v) is 2.57. The zero-order chi connectivity index (χ0) is 15.0. The van der Waals surface area contributed by atoms with Gasteiger partial charge in [-0.05, 0) is 17.7 Å². The van der Waals surface area contributed by atoms with Gasteiger partial charge in [-0.3, -0.25) is 9.79 Å². The number of phenols is 1. The number of nitrogens with zero attached hydrogens (tertiary/aromatic N) is 1. The van der Waals surface area contributed by atoms with E-state index in [9.17, 15) is 9.90 Å². The zero-order valence-corrected chi connectivity index (χ0v) is 12.0. The Labute approximate surface area is 126 Å². The van der Waals surface area contributed by atoms with E-state index in [-0.39, 0.29) is 17.1 Å². The highest BCUT2D eigenvalue weighted by atomic mass is 35.5. The second kappa shape index (κ2) is 5.22. The van der Waals surface area contributed by atoms with Gasteiger partial charge >= 0.3 is 0 Å². The number of hydrogen-bond acceptors (Lipinski definition) is 4. The normalized spacial score (nSPS) is 16.7. The zero-order valence-electron chi connectivity index (χ0n) is 11.2. The number of aliphatic imine (C=N–C) groups is 1. The molecule has 0 radical (unpaired) electrons. The Kier molecular flexibility index (Phi) is 3.39. The molecular weight excluding hydrogens is 290 g/mol. The molecule has 106 valence electrons. The van der Waals surface area contributed by atoms with Crippen molar-refractivity contribution >= 4 is 29.3 Å². The predicted molar refractivity (Wildman–Crippen MR) is 81.3 cm³/mol. The van der Waals surface area contributed by atoms with Crippen LogP contribution in [0, 0.1) is 0 Å². The third-order valence-corrected chi connectivity index (χ3v) is 3.64. The van der Waals surface area contributed by atoms with Crippen LogP contribution in [0.3, 0.4) is 0 Å². The number of benzene rings is 2. The first-order valence-corrected chi connectivity index (χ1v) is 6.73. The molecule has 1 unspecified atom stereocenters. The first-order valence-electron chi connectivity index (χ1n) is 6.35. The third-order valence-electron chi connectivity index (χ3n) is 3.41. The highest BCUT2D eigenvalue weighted by molar-refractivity contribution is 6.30. The lowest BCUT2D eigenvalue weighted by atomic mass is 9.88. The van der Waals surface area contributed by atoms with Crippen molar-refractivity contribution in [2.45, 2.75) is 5.92 Å². The molecule has 0 aromatic heterocycles. The summed E-state index contributed by atoms with van der Waals surface area (Å²) in [6.07, 6.45) is 1.56. The van der Waals surface area contributed by atoms with Crippen LogP contribution in [0.1, 0.15) is 21.8 Å².